The largest absolute Gasteiger partial charge is 0.334 e. The standard InChI is InChI=1S/C20H20Cl2N6OS/c1-13-5-2-3-8-27(13)19(29)18-17(12-30-20-23-6-4-7-24-20)28(26-25-18)16-10-14(21)9-15(22)11-16/h4,6-7,9-11,13H,2-3,5,8,12H2,1H3. The Kier molecular flexibility index (Phi) is 6.55. The zero-order valence-electron chi connectivity index (χ0n) is 16.3. The number of nitrogens with zero attached hydrogens (tertiary/aromatic N) is 6. The summed E-state index contributed by atoms with van der Waals surface area (Å²) < 4.78 is 1.62. The highest BCUT2D eigenvalue weighted by Crippen LogP contribution is 2.28. The average molecular weight is 463 g/mol. The van der Waals surface area contributed by atoms with E-state index in [4.69, 9.17) is 23.2 Å². The van der Waals surface area contributed by atoms with Gasteiger partial charge < -0.3 is 4.90 Å². The first kappa shape index (κ1) is 21.1. The van der Waals surface area contributed by atoms with Crippen LogP contribution < -0.4 is 0 Å². The number of hydrogen-bond donors (Lipinski definition) is 0. The van der Waals surface area contributed by atoms with Crippen LogP contribution in [0, 0.1) is 0 Å². The predicted molar refractivity (Wildman–Crippen MR) is 117 cm³/mol. The second-order valence-electron chi connectivity index (χ2n) is 7.09. The van der Waals surface area contributed by atoms with Gasteiger partial charge in [0.1, 0.15) is 0 Å². The minimum atomic E-state index is -0.105. The minimum absolute atomic E-state index is 0.105. The summed E-state index contributed by atoms with van der Waals surface area (Å²) in [4.78, 5) is 23.7. The normalized spacial score (nSPS) is 16.6. The molecule has 30 heavy (non-hydrogen) atoms. The maximum Gasteiger partial charge on any atom is 0.276 e. The number of carbonyl (C=O) groups is 1. The van der Waals surface area contributed by atoms with Gasteiger partial charge in [-0.2, -0.15) is 0 Å². The van der Waals surface area contributed by atoms with Crippen molar-refractivity contribution in [3.63, 3.8) is 0 Å². The fourth-order valence-corrected chi connectivity index (χ4v) is 4.81. The summed E-state index contributed by atoms with van der Waals surface area (Å²) in [5.74, 6) is 0.316. The van der Waals surface area contributed by atoms with E-state index in [0.29, 0.717) is 38.0 Å². The van der Waals surface area contributed by atoms with E-state index in [-0.39, 0.29) is 11.9 Å². The first-order chi connectivity index (χ1) is 14.5. The highest BCUT2D eigenvalue weighted by molar-refractivity contribution is 7.98. The summed E-state index contributed by atoms with van der Waals surface area (Å²) in [6.45, 7) is 2.80. The van der Waals surface area contributed by atoms with E-state index < -0.39 is 0 Å². The predicted octanol–water partition coefficient (Wildman–Crippen LogP) is 4.67. The van der Waals surface area contributed by atoms with Crippen molar-refractivity contribution in [2.75, 3.05) is 6.54 Å². The van der Waals surface area contributed by atoms with Crippen LogP contribution in [0.1, 0.15) is 42.4 Å². The number of carbonyl (C=O) groups excluding carboxylic acids is 1. The maximum atomic E-state index is 13.3. The van der Waals surface area contributed by atoms with E-state index in [0.717, 1.165) is 25.8 Å². The molecule has 1 unspecified atom stereocenters. The van der Waals surface area contributed by atoms with Crippen molar-refractivity contribution in [2.24, 2.45) is 0 Å². The van der Waals surface area contributed by atoms with Crippen LogP contribution in [0.4, 0.5) is 0 Å². The quantitative estimate of drug-likeness (QED) is 0.404. The molecule has 0 bridgehead atoms. The molecule has 1 saturated heterocycles. The Hall–Kier alpha value is -2.16. The van der Waals surface area contributed by atoms with Crippen LogP contribution in [0.3, 0.4) is 0 Å². The van der Waals surface area contributed by atoms with Crippen LogP contribution in [0.25, 0.3) is 5.69 Å². The van der Waals surface area contributed by atoms with Crippen molar-refractivity contribution >= 4 is 40.9 Å². The third-order valence-electron chi connectivity index (χ3n) is 5.00. The summed E-state index contributed by atoms with van der Waals surface area (Å²) >= 11 is 13.8. The fraction of sp³-hybridized carbons (Fsp3) is 0.350. The molecule has 0 aliphatic carbocycles. The summed E-state index contributed by atoms with van der Waals surface area (Å²) in [6, 6.07) is 7.07. The molecule has 1 aromatic carbocycles. The van der Waals surface area contributed by atoms with Crippen molar-refractivity contribution in [2.45, 2.75) is 43.1 Å². The highest BCUT2D eigenvalue weighted by Gasteiger charge is 2.30. The van der Waals surface area contributed by atoms with Crippen molar-refractivity contribution in [3.05, 3.63) is 58.1 Å². The average Bonchev–Trinajstić information content (AvgIpc) is 3.16. The Bertz CT molecular complexity index is 1020. The number of likely N-dealkylation sites (tertiary alicyclic amines) is 1. The Balaban J connectivity index is 1.72. The molecule has 3 aromatic rings. The lowest BCUT2D eigenvalue weighted by atomic mass is 10.0. The zero-order chi connectivity index (χ0) is 21.1. The van der Waals surface area contributed by atoms with Crippen LogP contribution in [-0.2, 0) is 5.75 Å². The van der Waals surface area contributed by atoms with E-state index in [1.165, 1.54) is 11.8 Å². The van der Waals surface area contributed by atoms with Gasteiger partial charge >= 0.3 is 0 Å². The van der Waals surface area contributed by atoms with Gasteiger partial charge in [0.05, 0.1) is 11.4 Å². The molecule has 4 rings (SSSR count). The van der Waals surface area contributed by atoms with Crippen LogP contribution in [0.15, 0.2) is 41.8 Å². The van der Waals surface area contributed by atoms with E-state index in [1.807, 2.05) is 4.90 Å². The molecule has 1 fully saturated rings. The fourth-order valence-electron chi connectivity index (χ4n) is 3.49. The number of benzene rings is 1. The van der Waals surface area contributed by atoms with Crippen LogP contribution >= 0.6 is 35.0 Å². The molecule has 7 nitrogen and oxygen atoms in total. The third-order valence-corrected chi connectivity index (χ3v) is 6.32. The second kappa shape index (κ2) is 9.32. The van der Waals surface area contributed by atoms with Gasteiger partial charge in [-0.05, 0) is 50.5 Å². The first-order valence-corrected chi connectivity index (χ1v) is 11.4. The van der Waals surface area contributed by atoms with Crippen molar-refractivity contribution in [1.82, 2.24) is 29.9 Å². The summed E-state index contributed by atoms with van der Waals surface area (Å²) in [7, 11) is 0. The van der Waals surface area contributed by atoms with Gasteiger partial charge in [-0.1, -0.05) is 40.2 Å². The number of aromatic nitrogens is 5. The smallest absolute Gasteiger partial charge is 0.276 e. The third kappa shape index (κ3) is 4.61. The molecule has 2 aromatic heterocycles. The van der Waals surface area contributed by atoms with Gasteiger partial charge in [0.25, 0.3) is 5.91 Å². The number of thioether (sulfide) groups is 1. The van der Waals surface area contributed by atoms with E-state index in [1.54, 1.807) is 41.3 Å². The molecule has 1 aliphatic rings. The Labute approximate surface area is 188 Å². The lowest BCUT2D eigenvalue weighted by molar-refractivity contribution is 0.0628. The van der Waals surface area contributed by atoms with Gasteiger partial charge in [0.15, 0.2) is 10.9 Å². The van der Waals surface area contributed by atoms with Gasteiger partial charge in [0, 0.05) is 40.8 Å². The van der Waals surface area contributed by atoms with Gasteiger partial charge in [-0.25, -0.2) is 14.6 Å². The van der Waals surface area contributed by atoms with Crippen molar-refractivity contribution in [1.29, 1.82) is 0 Å². The SMILES string of the molecule is CC1CCCCN1C(=O)c1nnn(-c2cc(Cl)cc(Cl)c2)c1CSc1ncccn1. The molecule has 0 radical (unpaired) electrons. The zero-order valence-corrected chi connectivity index (χ0v) is 18.7. The van der Waals surface area contributed by atoms with Gasteiger partial charge in [0.2, 0.25) is 0 Å². The summed E-state index contributed by atoms with van der Waals surface area (Å²) in [6.07, 6.45) is 6.49. The molecule has 0 spiro atoms. The van der Waals surface area contributed by atoms with E-state index in [2.05, 4.69) is 27.2 Å². The number of piperidine rings is 1. The number of rotatable bonds is 5. The number of amides is 1. The lowest BCUT2D eigenvalue weighted by Gasteiger charge is -2.33. The van der Waals surface area contributed by atoms with Gasteiger partial charge in [-0.15, -0.1) is 5.10 Å². The van der Waals surface area contributed by atoms with Gasteiger partial charge in [-0.3, -0.25) is 4.79 Å². The van der Waals surface area contributed by atoms with E-state index >= 15 is 0 Å². The summed E-state index contributed by atoms with van der Waals surface area (Å²) in [5, 5.41) is 10.1. The molecule has 156 valence electrons. The molecule has 0 saturated carbocycles. The summed E-state index contributed by atoms with van der Waals surface area (Å²) in [5.41, 5.74) is 1.65. The van der Waals surface area contributed by atoms with Crippen LogP contribution in [-0.4, -0.2) is 48.4 Å². The molecule has 3 heterocycles. The molecule has 1 amide bonds. The highest BCUT2D eigenvalue weighted by atomic mass is 35.5. The van der Waals surface area contributed by atoms with Crippen LogP contribution in [0.2, 0.25) is 10.0 Å². The number of halogens is 2. The van der Waals surface area contributed by atoms with Crippen LogP contribution in [0.5, 0.6) is 0 Å². The molecule has 1 atom stereocenters. The van der Waals surface area contributed by atoms with Crippen molar-refractivity contribution in [3.8, 4) is 5.69 Å². The minimum Gasteiger partial charge on any atom is -0.334 e. The second-order valence-corrected chi connectivity index (χ2v) is 8.90. The molecule has 10 heteroatoms. The Morgan fingerprint density at radius 1 is 1.17 bits per heavy atom. The first-order valence-electron chi connectivity index (χ1n) is 9.65. The lowest BCUT2D eigenvalue weighted by Crippen LogP contribution is -2.42. The molecular weight excluding hydrogens is 443 g/mol. The molecule has 0 N–H and O–H groups in total. The molecular formula is C20H20Cl2N6OS. The molecule has 1 aliphatic heterocycles. The maximum absolute atomic E-state index is 13.3. The van der Waals surface area contributed by atoms with Crippen molar-refractivity contribution < 1.29 is 4.79 Å². The van der Waals surface area contributed by atoms with E-state index in [9.17, 15) is 4.79 Å². The Morgan fingerprint density at radius 2 is 1.90 bits per heavy atom. The Morgan fingerprint density at radius 3 is 2.60 bits per heavy atom. The number of hydrogen-bond acceptors (Lipinski definition) is 6. The topological polar surface area (TPSA) is 76.8 Å². The monoisotopic (exact) mass is 462 g/mol.